The van der Waals surface area contributed by atoms with Gasteiger partial charge in [0.2, 0.25) is 5.91 Å². The maximum Gasteiger partial charge on any atom is 0.225 e. The van der Waals surface area contributed by atoms with Crippen molar-refractivity contribution in [2.24, 2.45) is 23.5 Å². The first-order chi connectivity index (χ1) is 10.6. The van der Waals surface area contributed by atoms with Crippen molar-refractivity contribution >= 4 is 5.91 Å². The van der Waals surface area contributed by atoms with Gasteiger partial charge in [-0.05, 0) is 50.0 Å². The van der Waals surface area contributed by atoms with Crippen LogP contribution in [0.15, 0.2) is 30.3 Å². The molecule has 2 fully saturated rings. The molecule has 0 spiro atoms. The van der Waals surface area contributed by atoms with Crippen molar-refractivity contribution in [3.05, 3.63) is 35.9 Å². The molecule has 4 nitrogen and oxygen atoms in total. The molecule has 2 saturated carbocycles. The van der Waals surface area contributed by atoms with Gasteiger partial charge < -0.3 is 16.2 Å². The Morgan fingerprint density at radius 1 is 1.32 bits per heavy atom. The summed E-state index contributed by atoms with van der Waals surface area (Å²) < 4.78 is 0. The molecule has 3 rings (SSSR count). The molecule has 2 aliphatic carbocycles. The molecule has 120 valence electrons. The Balaban J connectivity index is 1.53. The lowest BCUT2D eigenvalue weighted by Gasteiger charge is -2.28. The molecule has 1 amide bonds. The zero-order chi connectivity index (χ0) is 15.7. The number of aliphatic hydroxyl groups excluding tert-OH is 1. The van der Waals surface area contributed by atoms with Gasteiger partial charge in [-0.3, -0.25) is 4.79 Å². The monoisotopic (exact) mass is 302 g/mol. The molecular formula is C18H26N2O2. The molecule has 0 radical (unpaired) electrons. The number of nitrogens with two attached hydrogens (primary N) is 1. The van der Waals surface area contributed by atoms with E-state index in [1.54, 1.807) is 0 Å². The number of hydrogen-bond donors (Lipinski definition) is 3. The summed E-state index contributed by atoms with van der Waals surface area (Å²) in [6.07, 6.45) is 3.40. The molecule has 22 heavy (non-hydrogen) atoms. The number of amides is 1. The number of hydrogen-bond acceptors (Lipinski definition) is 3. The van der Waals surface area contributed by atoms with E-state index in [1.807, 2.05) is 37.3 Å². The van der Waals surface area contributed by atoms with Gasteiger partial charge >= 0.3 is 0 Å². The highest BCUT2D eigenvalue weighted by Crippen LogP contribution is 2.47. The largest absolute Gasteiger partial charge is 0.388 e. The molecule has 0 aromatic heterocycles. The van der Waals surface area contributed by atoms with E-state index >= 15 is 0 Å². The number of carbonyl (C=O) groups excluding carboxylic acids is 1. The molecule has 1 aromatic rings. The van der Waals surface area contributed by atoms with Crippen LogP contribution in [0.2, 0.25) is 0 Å². The third kappa shape index (κ3) is 3.03. The van der Waals surface area contributed by atoms with E-state index in [4.69, 9.17) is 5.73 Å². The van der Waals surface area contributed by atoms with E-state index in [1.165, 1.54) is 6.42 Å². The first kappa shape index (κ1) is 15.5. The molecule has 0 saturated heterocycles. The van der Waals surface area contributed by atoms with Crippen molar-refractivity contribution in [1.29, 1.82) is 0 Å². The van der Waals surface area contributed by atoms with Gasteiger partial charge in [-0.2, -0.15) is 0 Å². The minimum atomic E-state index is -0.551. The summed E-state index contributed by atoms with van der Waals surface area (Å²) in [7, 11) is 0. The SMILES string of the molecule is CC(CC(O)c1ccccc1)NC(=O)C1C2CCC(C2)C1N. The van der Waals surface area contributed by atoms with Gasteiger partial charge in [0.25, 0.3) is 0 Å². The molecular weight excluding hydrogens is 276 g/mol. The maximum absolute atomic E-state index is 12.5. The Labute approximate surface area is 132 Å². The van der Waals surface area contributed by atoms with Gasteiger partial charge in [0, 0.05) is 12.1 Å². The zero-order valence-electron chi connectivity index (χ0n) is 13.1. The lowest BCUT2D eigenvalue weighted by atomic mass is 9.84. The maximum atomic E-state index is 12.5. The van der Waals surface area contributed by atoms with Crippen LogP contribution in [0.4, 0.5) is 0 Å². The Hall–Kier alpha value is -1.39. The molecule has 0 heterocycles. The van der Waals surface area contributed by atoms with Gasteiger partial charge in [0.1, 0.15) is 0 Å². The fraction of sp³-hybridized carbons (Fsp3) is 0.611. The highest BCUT2D eigenvalue weighted by Gasteiger charge is 2.49. The lowest BCUT2D eigenvalue weighted by molar-refractivity contribution is -0.127. The van der Waals surface area contributed by atoms with Crippen LogP contribution in [0.25, 0.3) is 0 Å². The number of aliphatic hydroxyl groups is 1. The quantitative estimate of drug-likeness (QED) is 0.778. The van der Waals surface area contributed by atoms with Crippen molar-refractivity contribution < 1.29 is 9.90 Å². The third-order valence-electron chi connectivity index (χ3n) is 5.43. The molecule has 4 heteroatoms. The van der Waals surface area contributed by atoms with Crippen LogP contribution < -0.4 is 11.1 Å². The number of nitrogens with one attached hydrogen (secondary N) is 1. The summed E-state index contributed by atoms with van der Waals surface area (Å²) in [5, 5.41) is 13.3. The van der Waals surface area contributed by atoms with Gasteiger partial charge in [-0.1, -0.05) is 30.3 Å². The van der Waals surface area contributed by atoms with E-state index < -0.39 is 6.10 Å². The molecule has 2 bridgehead atoms. The van der Waals surface area contributed by atoms with Crippen LogP contribution in [0.5, 0.6) is 0 Å². The van der Waals surface area contributed by atoms with E-state index in [0.29, 0.717) is 18.3 Å². The van der Waals surface area contributed by atoms with Crippen LogP contribution in [-0.4, -0.2) is 23.1 Å². The van der Waals surface area contributed by atoms with Crippen molar-refractivity contribution in [2.45, 2.75) is 50.8 Å². The molecule has 6 unspecified atom stereocenters. The first-order valence-electron chi connectivity index (χ1n) is 8.35. The summed E-state index contributed by atoms with van der Waals surface area (Å²) in [6, 6.07) is 9.53. The van der Waals surface area contributed by atoms with E-state index in [2.05, 4.69) is 5.32 Å². The molecule has 2 aliphatic rings. The predicted molar refractivity (Wildman–Crippen MR) is 85.9 cm³/mol. The van der Waals surface area contributed by atoms with Crippen molar-refractivity contribution in [3.63, 3.8) is 0 Å². The topological polar surface area (TPSA) is 75.3 Å². The standard InChI is InChI=1S/C18H26N2O2/c1-11(9-15(21)12-5-3-2-4-6-12)20-18(22)16-13-7-8-14(10-13)17(16)19/h2-6,11,13-17,21H,7-10,19H2,1H3,(H,20,22). The molecule has 4 N–H and O–H groups in total. The predicted octanol–water partition coefficient (Wildman–Crippen LogP) is 1.99. The molecule has 6 atom stereocenters. The average Bonchev–Trinajstić information content (AvgIpc) is 3.08. The minimum absolute atomic E-state index is 0.0185. The van der Waals surface area contributed by atoms with Crippen LogP contribution in [0.1, 0.15) is 44.3 Å². The summed E-state index contributed by atoms with van der Waals surface area (Å²) in [5.41, 5.74) is 7.11. The van der Waals surface area contributed by atoms with E-state index in [0.717, 1.165) is 18.4 Å². The third-order valence-corrected chi connectivity index (χ3v) is 5.43. The van der Waals surface area contributed by atoms with Gasteiger partial charge in [0.15, 0.2) is 0 Å². The average molecular weight is 302 g/mol. The van der Waals surface area contributed by atoms with Gasteiger partial charge in [0.05, 0.1) is 12.0 Å². The highest BCUT2D eigenvalue weighted by molar-refractivity contribution is 5.80. The Morgan fingerprint density at radius 3 is 2.64 bits per heavy atom. The second-order valence-electron chi connectivity index (χ2n) is 7.01. The van der Waals surface area contributed by atoms with E-state index in [9.17, 15) is 9.90 Å². The summed E-state index contributed by atoms with van der Waals surface area (Å²) in [4.78, 5) is 12.5. The lowest BCUT2D eigenvalue weighted by Crippen LogP contribution is -2.47. The second kappa shape index (κ2) is 6.39. The summed E-state index contributed by atoms with van der Waals surface area (Å²) in [6.45, 7) is 1.95. The second-order valence-corrected chi connectivity index (χ2v) is 7.01. The Kier molecular flexibility index (Phi) is 4.50. The fourth-order valence-corrected chi connectivity index (χ4v) is 4.27. The normalized spacial score (nSPS) is 32.7. The van der Waals surface area contributed by atoms with Gasteiger partial charge in [-0.25, -0.2) is 0 Å². The van der Waals surface area contributed by atoms with Crippen molar-refractivity contribution in [1.82, 2.24) is 5.32 Å². The van der Waals surface area contributed by atoms with Crippen molar-refractivity contribution in [2.75, 3.05) is 0 Å². The van der Waals surface area contributed by atoms with Crippen LogP contribution in [0.3, 0.4) is 0 Å². The number of benzene rings is 1. The Bertz CT molecular complexity index is 517. The zero-order valence-corrected chi connectivity index (χ0v) is 13.1. The first-order valence-corrected chi connectivity index (χ1v) is 8.35. The van der Waals surface area contributed by atoms with Crippen LogP contribution in [0, 0.1) is 17.8 Å². The molecule has 1 aromatic carbocycles. The number of carbonyl (C=O) groups is 1. The number of rotatable bonds is 5. The van der Waals surface area contributed by atoms with Crippen LogP contribution in [-0.2, 0) is 4.79 Å². The van der Waals surface area contributed by atoms with Gasteiger partial charge in [-0.15, -0.1) is 0 Å². The van der Waals surface area contributed by atoms with Crippen molar-refractivity contribution in [3.8, 4) is 0 Å². The summed E-state index contributed by atoms with van der Waals surface area (Å²) >= 11 is 0. The highest BCUT2D eigenvalue weighted by atomic mass is 16.3. The molecule has 0 aliphatic heterocycles. The fourth-order valence-electron chi connectivity index (χ4n) is 4.27. The minimum Gasteiger partial charge on any atom is -0.388 e. The summed E-state index contributed by atoms with van der Waals surface area (Å²) in [5.74, 6) is 1.04. The van der Waals surface area contributed by atoms with Crippen LogP contribution >= 0.6 is 0 Å². The Morgan fingerprint density at radius 2 is 2.00 bits per heavy atom. The number of fused-ring (bicyclic) bond motifs is 2. The smallest absolute Gasteiger partial charge is 0.225 e. The van der Waals surface area contributed by atoms with E-state index in [-0.39, 0.29) is 23.9 Å².